The van der Waals surface area contributed by atoms with Gasteiger partial charge in [-0.15, -0.1) is 0 Å². The lowest BCUT2D eigenvalue weighted by Crippen LogP contribution is -2.51. The lowest BCUT2D eigenvalue weighted by Gasteiger charge is -2.58. The number of hydrogen-bond donors (Lipinski definition) is 0. The van der Waals surface area contributed by atoms with E-state index in [-0.39, 0.29) is 23.1 Å². The van der Waals surface area contributed by atoms with Crippen molar-refractivity contribution in [3.63, 3.8) is 0 Å². The Morgan fingerprint density at radius 2 is 1.57 bits per heavy atom. The van der Waals surface area contributed by atoms with Gasteiger partial charge in [0.05, 0.1) is 5.56 Å². The van der Waals surface area contributed by atoms with Crippen molar-refractivity contribution in [3.8, 4) is 0 Å². The van der Waals surface area contributed by atoms with E-state index in [0.717, 1.165) is 54.8 Å². The molecular formula is C42H52O4. The zero-order chi connectivity index (χ0) is 32.4. The fourth-order valence-electron chi connectivity index (χ4n) is 11.2. The minimum atomic E-state index is -0.405. The Kier molecular flexibility index (Phi) is 8.17. The van der Waals surface area contributed by atoms with E-state index in [0.29, 0.717) is 33.2 Å². The molecule has 0 saturated heterocycles. The van der Waals surface area contributed by atoms with E-state index in [1.54, 1.807) is 42.5 Å². The number of carbonyl (C=O) groups is 3. The van der Waals surface area contributed by atoms with Gasteiger partial charge < -0.3 is 4.74 Å². The van der Waals surface area contributed by atoms with E-state index in [9.17, 15) is 14.4 Å². The second-order valence-electron chi connectivity index (χ2n) is 16.5. The molecule has 0 aromatic heterocycles. The van der Waals surface area contributed by atoms with Crippen LogP contribution >= 0.6 is 0 Å². The summed E-state index contributed by atoms with van der Waals surface area (Å²) in [7, 11) is 0. The molecule has 8 atom stereocenters. The summed E-state index contributed by atoms with van der Waals surface area (Å²) in [5.41, 5.74) is 3.98. The number of hydrogen-bond acceptors (Lipinski definition) is 4. The molecule has 0 unspecified atom stereocenters. The predicted molar refractivity (Wildman–Crippen MR) is 182 cm³/mol. The van der Waals surface area contributed by atoms with Crippen molar-refractivity contribution in [2.75, 3.05) is 0 Å². The summed E-state index contributed by atoms with van der Waals surface area (Å²) in [5, 5.41) is 0. The molecule has 0 heterocycles. The van der Waals surface area contributed by atoms with Gasteiger partial charge in [-0.25, -0.2) is 4.79 Å². The van der Waals surface area contributed by atoms with Gasteiger partial charge in [0, 0.05) is 28.7 Å². The third-order valence-corrected chi connectivity index (χ3v) is 13.7. The number of ether oxygens (including phenoxy) is 1. The van der Waals surface area contributed by atoms with Crippen LogP contribution < -0.4 is 0 Å². The zero-order valence-electron chi connectivity index (χ0n) is 28.6. The highest BCUT2D eigenvalue weighted by molar-refractivity contribution is 6.28. The van der Waals surface area contributed by atoms with Gasteiger partial charge in [0.1, 0.15) is 6.10 Å². The Labute approximate surface area is 275 Å². The predicted octanol–water partition coefficient (Wildman–Crippen LogP) is 10.0. The van der Waals surface area contributed by atoms with Crippen LogP contribution in [0.15, 0.2) is 54.1 Å². The molecule has 3 fully saturated rings. The maximum absolute atomic E-state index is 13.4. The van der Waals surface area contributed by atoms with Crippen molar-refractivity contribution in [3.05, 3.63) is 81.9 Å². The minimum Gasteiger partial charge on any atom is -0.458 e. The normalized spacial score (nSPS) is 33.7. The number of fused-ring (bicyclic) bond motifs is 7. The first-order chi connectivity index (χ1) is 22.0. The molecule has 46 heavy (non-hydrogen) atoms. The molecule has 4 nitrogen and oxygen atoms in total. The van der Waals surface area contributed by atoms with Crippen molar-refractivity contribution < 1.29 is 19.1 Å². The molecule has 0 radical (unpaired) electrons. The standard InChI is InChI=1S/C42H52O4/c1-25(2)9-8-10-26(3)35-17-18-36-33-16-14-28-24-29(19-21-41(28,4)37(33)20-22-42(35,36)5)46-40(45)27-13-15-32-34(23-27)39(44)31-12-7-6-11-30(31)38(32)43/h6-7,11-15,23,25-26,29,33,35-37H,8-10,16-22,24H2,1-5H3/t26-,29+,33+,35-,36+,37+,41+,42-/m1/s1. The third kappa shape index (κ3) is 5.13. The van der Waals surface area contributed by atoms with Gasteiger partial charge in [-0.05, 0) is 109 Å². The summed E-state index contributed by atoms with van der Waals surface area (Å²) >= 11 is 0. The summed E-state index contributed by atoms with van der Waals surface area (Å²) in [4.78, 5) is 39.6. The van der Waals surface area contributed by atoms with Crippen molar-refractivity contribution in [1.82, 2.24) is 0 Å². The molecule has 3 saturated carbocycles. The summed E-state index contributed by atoms with van der Waals surface area (Å²) in [6, 6.07) is 11.7. The molecule has 2 aromatic rings. The van der Waals surface area contributed by atoms with Crippen LogP contribution in [0, 0.1) is 46.3 Å². The summed E-state index contributed by atoms with van der Waals surface area (Å²) < 4.78 is 6.13. The van der Waals surface area contributed by atoms with Gasteiger partial charge in [0.2, 0.25) is 0 Å². The van der Waals surface area contributed by atoms with Gasteiger partial charge in [0.25, 0.3) is 0 Å². The molecule has 0 bridgehead atoms. The SMILES string of the molecule is CC(C)CCC[C@@H](C)[C@H]1CC[C@H]2[C@@H]3CC=C4C[C@@H](OC(=O)c5ccc6c(c5)C(=O)c5ccccc5C6=O)CC[C@]4(C)[C@H]3CC[C@]12C. The van der Waals surface area contributed by atoms with Crippen LogP contribution in [0.25, 0.3) is 0 Å². The fourth-order valence-corrected chi connectivity index (χ4v) is 11.2. The molecular weight excluding hydrogens is 568 g/mol. The highest BCUT2D eigenvalue weighted by Gasteiger charge is 2.59. The fraction of sp³-hybridized carbons (Fsp3) is 0.595. The summed E-state index contributed by atoms with van der Waals surface area (Å²) in [6.07, 6.45) is 15.9. The number of allylic oxidation sites excluding steroid dienone is 1. The molecule has 7 rings (SSSR count). The van der Waals surface area contributed by atoms with Crippen LogP contribution in [-0.4, -0.2) is 23.6 Å². The Hall–Kier alpha value is -3.01. The smallest absolute Gasteiger partial charge is 0.338 e. The lowest BCUT2D eigenvalue weighted by atomic mass is 9.47. The van der Waals surface area contributed by atoms with Gasteiger partial charge in [-0.2, -0.15) is 0 Å². The largest absolute Gasteiger partial charge is 0.458 e. The van der Waals surface area contributed by atoms with E-state index in [1.165, 1.54) is 56.9 Å². The minimum absolute atomic E-state index is 0.158. The Morgan fingerprint density at radius 3 is 2.30 bits per heavy atom. The van der Waals surface area contributed by atoms with Crippen molar-refractivity contribution in [1.29, 1.82) is 0 Å². The topological polar surface area (TPSA) is 60.4 Å². The van der Waals surface area contributed by atoms with E-state index < -0.39 is 5.97 Å². The van der Waals surface area contributed by atoms with Crippen LogP contribution in [0.3, 0.4) is 0 Å². The van der Waals surface area contributed by atoms with Gasteiger partial charge in [-0.1, -0.05) is 89.8 Å². The number of rotatable bonds is 7. The molecule has 0 amide bonds. The lowest BCUT2D eigenvalue weighted by molar-refractivity contribution is -0.0594. The van der Waals surface area contributed by atoms with E-state index in [2.05, 4.69) is 40.7 Å². The Morgan fingerprint density at radius 1 is 0.848 bits per heavy atom. The highest BCUT2D eigenvalue weighted by atomic mass is 16.5. The van der Waals surface area contributed by atoms with Gasteiger partial charge in [0.15, 0.2) is 11.6 Å². The average Bonchev–Trinajstić information content (AvgIpc) is 3.40. The van der Waals surface area contributed by atoms with Crippen LogP contribution in [0.5, 0.6) is 0 Å². The van der Waals surface area contributed by atoms with Crippen molar-refractivity contribution >= 4 is 17.5 Å². The first-order valence-corrected chi connectivity index (χ1v) is 18.2. The summed E-state index contributed by atoms with van der Waals surface area (Å²) in [5.74, 6) is 4.04. The van der Waals surface area contributed by atoms with Crippen LogP contribution in [0.1, 0.15) is 147 Å². The van der Waals surface area contributed by atoms with Crippen molar-refractivity contribution in [2.45, 2.75) is 111 Å². The third-order valence-electron chi connectivity index (χ3n) is 13.7. The molecule has 4 heteroatoms. The maximum Gasteiger partial charge on any atom is 0.338 e. The quantitative estimate of drug-likeness (QED) is 0.195. The van der Waals surface area contributed by atoms with Gasteiger partial charge in [-0.3, -0.25) is 9.59 Å². The van der Waals surface area contributed by atoms with Crippen LogP contribution in [0.4, 0.5) is 0 Å². The second kappa shape index (κ2) is 11.9. The van der Waals surface area contributed by atoms with E-state index >= 15 is 0 Å². The molecule has 5 aliphatic carbocycles. The van der Waals surface area contributed by atoms with E-state index in [1.807, 2.05) is 0 Å². The number of benzene rings is 2. The summed E-state index contributed by atoms with van der Waals surface area (Å²) in [6.45, 7) is 12.4. The average molecular weight is 621 g/mol. The van der Waals surface area contributed by atoms with Crippen LogP contribution in [-0.2, 0) is 4.74 Å². The second-order valence-corrected chi connectivity index (χ2v) is 16.5. The molecule has 244 valence electrons. The monoisotopic (exact) mass is 620 g/mol. The first kappa shape index (κ1) is 31.6. The van der Waals surface area contributed by atoms with E-state index in [4.69, 9.17) is 4.74 Å². The first-order valence-electron chi connectivity index (χ1n) is 18.2. The Bertz CT molecular complexity index is 1580. The molecule has 5 aliphatic rings. The molecule has 2 aromatic carbocycles. The number of carbonyl (C=O) groups excluding carboxylic acids is 3. The van der Waals surface area contributed by atoms with Gasteiger partial charge >= 0.3 is 5.97 Å². The molecule has 0 spiro atoms. The maximum atomic E-state index is 13.4. The Balaban J connectivity index is 1.02. The highest BCUT2D eigenvalue weighted by Crippen LogP contribution is 2.67. The van der Waals surface area contributed by atoms with Crippen LogP contribution in [0.2, 0.25) is 0 Å². The zero-order valence-corrected chi connectivity index (χ0v) is 28.6. The number of esters is 1. The molecule has 0 aliphatic heterocycles. The van der Waals surface area contributed by atoms with Crippen molar-refractivity contribution in [2.24, 2.45) is 46.3 Å². The molecule has 0 N–H and O–H groups in total. The number of ketones is 2.